The van der Waals surface area contributed by atoms with Crippen molar-refractivity contribution in [2.24, 2.45) is 0 Å². The number of likely N-dealkylation sites (tertiary alicyclic amines) is 1. The summed E-state index contributed by atoms with van der Waals surface area (Å²) in [7, 11) is 0. The highest BCUT2D eigenvalue weighted by Crippen LogP contribution is 2.39. The number of carbonyl (C=O) groups excluding carboxylic acids is 2. The number of halogens is 1. The van der Waals surface area contributed by atoms with Gasteiger partial charge in [0.25, 0.3) is 0 Å². The SMILES string of the molecule is CCOC(=O)N1C2CCC1CC(N1CCC(N(C(=O)CC)c3ccc(F)cc3)CC1)C2. The van der Waals surface area contributed by atoms with Crippen molar-refractivity contribution in [3.63, 3.8) is 0 Å². The van der Waals surface area contributed by atoms with Crippen molar-refractivity contribution < 1.29 is 18.7 Å². The number of fused-ring (bicyclic) bond motifs is 2. The Kier molecular flexibility index (Phi) is 6.80. The Morgan fingerprint density at radius 3 is 2.16 bits per heavy atom. The van der Waals surface area contributed by atoms with Crippen LogP contribution in [0, 0.1) is 5.82 Å². The Balaban J connectivity index is 1.38. The summed E-state index contributed by atoms with van der Waals surface area (Å²) >= 11 is 0. The van der Waals surface area contributed by atoms with Crippen LogP contribution in [0.25, 0.3) is 0 Å². The second kappa shape index (κ2) is 9.55. The Hall–Kier alpha value is -2.15. The van der Waals surface area contributed by atoms with Crippen LogP contribution in [0.3, 0.4) is 0 Å². The molecule has 4 rings (SSSR count). The lowest BCUT2D eigenvalue weighted by atomic mass is 9.93. The first-order chi connectivity index (χ1) is 15.0. The molecule has 3 fully saturated rings. The molecule has 0 aromatic heterocycles. The van der Waals surface area contributed by atoms with Crippen molar-refractivity contribution in [2.75, 3.05) is 24.6 Å². The lowest BCUT2D eigenvalue weighted by molar-refractivity contribution is -0.119. The maximum Gasteiger partial charge on any atom is 0.410 e. The minimum Gasteiger partial charge on any atom is -0.450 e. The van der Waals surface area contributed by atoms with Crippen molar-refractivity contribution >= 4 is 17.7 Å². The average Bonchev–Trinajstić information content (AvgIpc) is 3.05. The standard InChI is InChI=1S/C24H34FN3O3/c1-3-23(29)27(18-7-5-17(25)6-8-18)19-11-13-26(14-12-19)22-15-20-9-10-21(16-22)28(20)24(30)31-4-2/h5-8,19-22H,3-4,9-16H2,1-2H3. The summed E-state index contributed by atoms with van der Waals surface area (Å²) in [4.78, 5) is 31.5. The van der Waals surface area contributed by atoms with Crippen LogP contribution in [0.5, 0.6) is 0 Å². The van der Waals surface area contributed by atoms with Gasteiger partial charge in [-0.3, -0.25) is 4.79 Å². The molecule has 7 heteroatoms. The fourth-order valence-electron chi connectivity index (χ4n) is 5.78. The molecular formula is C24H34FN3O3. The zero-order chi connectivity index (χ0) is 22.0. The summed E-state index contributed by atoms with van der Waals surface area (Å²) in [5.41, 5.74) is 0.785. The van der Waals surface area contributed by atoms with E-state index in [4.69, 9.17) is 4.74 Å². The average molecular weight is 432 g/mol. The monoisotopic (exact) mass is 431 g/mol. The van der Waals surface area contributed by atoms with Crippen molar-refractivity contribution in [1.29, 1.82) is 0 Å². The highest BCUT2D eigenvalue weighted by atomic mass is 19.1. The number of carbonyl (C=O) groups is 2. The third-order valence-electron chi connectivity index (χ3n) is 7.24. The van der Waals surface area contributed by atoms with Crippen molar-refractivity contribution in [3.05, 3.63) is 30.1 Å². The van der Waals surface area contributed by atoms with Crippen molar-refractivity contribution in [2.45, 2.75) is 83.0 Å². The second-order valence-corrected chi connectivity index (χ2v) is 8.98. The van der Waals surface area contributed by atoms with Gasteiger partial charge in [0.2, 0.25) is 5.91 Å². The molecule has 3 aliphatic heterocycles. The molecule has 2 unspecified atom stereocenters. The van der Waals surface area contributed by atoms with Crippen LogP contribution in [0.15, 0.2) is 24.3 Å². The van der Waals surface area contributed by atoms with Crippen LogP contribution in [0.1, 0.15) is 58.8 Å². The molecule has 3 aliphatic rings. The van der Waals surface area contributed by atoms with Crippen LogP contribution in [-0.4, -0.2) is 65.7 Å². The molecule has 0 aliphatic carbocycles. The summed E-state index contributed by atoms with van der Waals surface area (Å²) in [6.45, 7) is 6.05. The molecule has 170 valence electrons. The van der Waals surface area contributed by atoms with Gasteiger partial charge in [0.05, 0.1) is 6.61 Å². The highest BCUT2D eigenvalue weighted by molar-refractivity contribution is 5.93. The predicted molar refractivity (Wildman–Crippen MR) is 117 cm³/mol. The van der Waals surface area contributed by atoms with Gasteiger partial charge in [-0.15, -0.1) is 0 Å². The Morgan fingerprint density at radius 1 is 1.00 bits per heavy atom. The van der Waals surface area contributed by atoms with Crippen molar-refractivity contribution in [3.8, 4) is 0 Å². The van der Waals surface area contributed by atoms with E-state index >= 15 is 0 Å². The molecule has 0 saturated carbocycles. The lowest BCUT2D eigenvalue weighted by Crippen LogP contribution is -2.55. The van der Waals surface area contributed by atoms with E-state index in [0.29, 0.717) is 19.1 Å². The smallest absolute Gasteiger partial charge is 0.410 e. The third-order valence-corrected chi connectivity index (χ3v) is 7.24. The summed E-state index contributed by atoms with van der Waals surface area (Å²) in [5, 5.41) is 0. The lowest BCUT2D eigenvalue weighted by Gasteiger charge is -2.46. The van der Waals surface area contributed by atoms with Gasteiger partial charge in [-0.25, -0.2) is 9.18 Å². The number of benzene rings is 1. The van der Waals surface area contributed by atoms with E-state index in [1.54, 1.807) is 12.1 Å². The Morgan fingerprint density at radius 2 is 1.61 bits per heavy atom. The molecule has 31 heavy (non-hydrogen) atoms. The minimum absolute atomic E-state index is 0.0887. The Labute approximate surface area is 184 Å². The highest BCUT2D eigenvalue weighted by Gasteiger charge is 2.46. The molecular weight excluding hydrogens is 397 g/mol. The van der Waals surface area contributed by atoms with E-state index in [9.17, 15) is 14.0 Å². The number of piperidine rings is 2. The summed E-state index contributed by atoms with van der Waals surface area (Å²) < 4.78 is 18.7. The molecule has 2 amide bonds. The number of rotatable bonds is 5. The molecule has 6 nitrogen and oxygen atoms in total. The normalized spacial score (nSPS) is 26.7. The van der Waals surface area contributed by atoms with E-state index in [2.05, 4.69) is 4.90 Å². The summed E-state index contributed by atoms with van der Waals surface area (Å²) in [6.07, 6.45) is 6.27. The van der Waals surface area contributed by atoms with Gasteiger partial charge in [-0.05, 0) is 69.7 Å². The maximum absolute atomic E-state index is 13.4. The number of amides is 2. The molecule has 1 aromatic rings. The fraction of sp³-hybridized carbons (Fsp3) is 0.667. The first-order valence-corrected chi connectivity index (χ1v) is 11.8. The van der Waals surface area contributed by atoms with Crippen molar-refractivity contribution in [1.82, 2.24) is 9.80 Å². The van der Waals surface area contributed by atoms with Gasteiger partial charge in [0, 0.05) is 49.4 Å². The zero-order valence-corrected chi connectivity index (χ0v) is 18.6. The van der Waals surface area contributed by atoms with E-state index in [-0.39, 0.29) is 35.9 Å². The molecule has 0 radical (unpaired) electrons. The number of anilines is 1. The minimum atomic E-state index is -0.286. The van der Waals surface area contributed by atoms with Crippen LogP contribution in [0.4, 0.5) is 14.9 Å². The molecule has 3 saturated heterocycles. The van der Waals surface area contributed by atoms with Gasteiger partial charge in [0.15, 0.2) is 0 Å². The number of ether oxygens (including phenoxy) is 1. The number of nitrogens with zero attached hydrogens (tertiary/aromatic N) is 3. The topological polar surface area (TPSA) is 53.1 Å². The molecule has 3 heterocycles. The Bertz CT molecular complexity index is 765. The van der Waals surface area contributed by atoms with Gasteiger partial charge < -0.3 is 19.4 Å². The third kappa shape index (κ3) is 4.56. The largest absolute Gasteiger partial charge is 0.450 e. The molecule has 2 bridgehead atoms. The van der Waals surface area contributed by atoms with Crippen LogP contribution < -0.4 is 4.90 Å². The number of hydrogen-bond acceptors (Lipinski definition) is 4. The van der Waals surface area contributed by atoms with E-state index in [0.717, 1.165) is 57.3 Å². The van der Waals surface area contributed by atoms with Gasteiger partial charge in [-0.1, -0.05) is 6.92 Å². The first-order valence-electron chi connectivity index (χ1n) is 11.8. The molecule has 0 spiro atoms. The summed E-state index contributed by atoms with van der Waals surface area (Å²) in [5.74, 6) is -0.197. The van der Waals surface area contributed by atoms with E-state index in [1.165, 1.54) is 12.1 Å². The zero-order valence-electron chi connectivity index (χ0n) is 18.6. The van der Waals surface area contributed by atoms with E-state index < -0.39 is 0 Å². The van der Waals surface area contributed by atoms with E-state index in [1.807, 2.05) is 23.6 Å². The van der Waals surface area contributed by atoms with Gasteiger partial charge in [-0.2, -0.15) is 0 Å². The van der Waals surface area contributed by atoms with Gasteiger partial charge >= 0.3 is 6.09 Å². The number of hydrogen-bond donors (Lipinski definition) is 0. The summed E-state index contributed by atoms with van der Waals surface area (Å²) in [6, 6.07) is 7.48. The van der Waals surface area contributed by atoms with Gasteiger partial charge in [0.1, 0.15) is 5.82 Å². The predicted octanol–water partition coefficient (Wildman–Crippen LogP) is 4.19. The van der Waals surface area contributed by atoms with Crippen LogP contribution >= 0.6 is 0 Å². The molecule has 2 atom stereocenters. The first kappa shape index (κ1) is 22.1. The van der Waals surface area contributed by atoms with Crippen LogP contribution in [-0.2, 0) is 9.53 Å². The van der Waals surface area contributed by atoms with Crippen LogP contribution in [0.2, 0.25) is 0 Å². The maximum atomic E-state index is 13.4. The molecule has 1 aromatic carbocycles. The quantitative estimate of drug-likeness (QED) is 0.702. The fourth-order valence-corrected chi connectivity index (χ4v) is 5.78. The molecule has 0 N–H and O–H groups in total. The second-order valence-electron chi connectivity index (χ2n) is 8.98.